The first-order valence-corrected chi connectivity index (χ1v) is 7.80. The number of piperazine rings is 1. The zero-order valence-corrected chi connectivity index (χ0v) is 12.3. The number of alkyl halides is 1. The molecule has 0 spiro atoms. The smallest absolute Gasteiger partial charge is 0.148 e. The van der Waals surface area contributed by atoms with Gasteiger partial charge in [0.05, 0.1) is 6.04 Å². The van der Waals surface area contributed by atoms with Crippen LogP contribution in [-0.2, 0) is 6.42 Å². The fourth-order valence-corrected chi connectivity index (χ4v) is 3.29. The van der Waals surface area contributed by atoms with Gasteiger partial charge in [0.1, 0.15) is 5.67 Å². The van der Waals surface area contributed by atoms with Crippen LogP contribution in [0.5, 0.6) is 0 Å². The number of hydrogen-bond donors (Lipinski definition) is 1. The van der Waals surface area contributed by atoms with Crippen LogP contribution in [0.15, 0.2) is 54.6 Å². The highest BCUT2D eigenvalue weighted by molar-refractivity contribution is 5.25. The van der Waals surface area contributed by atoms with Gasteiger partial charge in [-0.05, 0) is 18.1 Å². The molecule has 21 heavy (non-hydrogen) atoms. The number of nitrogens with zero attached hydrogens (tertiary/aromatic N) is 1. The molecule has 0 amide bonds. The second kappa shape index (κ2) is 6.54. The molecule has 1 heterocycles. The summed E-state index contributed by atoms with van der Waals surface area (Å²) in [5.74, 6) is 0. The van der Waals surface area contributed by atoms with E-state index in [0.717, 1.165) is 32.6 Å². The van der Waals surface area contributed by atoms with E-state index in [1.165, 1.54) is 5.56 Å². The van der Waals surface area contributed by atoms with Gasteiger partial charge in [-0.15, -0.1) is 0 Å². The van der Waals surface area contributed by atoms with Crippen LogP contribution in [0.4, 0.5) is 4.39 Å². The van der Waals surface area contributed by atoms with Gasteiger partial charge in [0.15, 0.2) is 0 Å². The summed E-state index contributed by atoms with van der Waals surface area (Å²) >= 11 is 0. The molecule has 1 N–H and O–H groups in total. The fraction of sp³-hybridized carbons (Fsp3) is 0.444. The van der Waals surface area contributed by atoms with Crippen molar-refractivity contribution < 1.29 is 4.39 Å². The molecular formula is C18H23FN2. The Kier molecular flexibility index (Phi) is 4.51. The number of allylic oxidation sites excluding steroid dienone is 3. The molecule has 1 fully saturated rings. The predicted molar refractivity (Wildman–Crippen MR) is 85.1 cm³/mol. The summed E-state index contributed by atoms with van der Waals surface area (Å²) < 4.78 is 15.5. The normalized spacial score (nSPS) is 27.7. The van der Waals surface area contributed by atoms with Crippen LogP contribution in [-0.4, -0.2) is 42.8 Å². The van der Waals surface area contributed by atoms with Gasteiger partial charge in [-0.2, -0.15) is 0 Å². The van der Waals surface area contributed by atoms with Crippen molar-refractivity contribution in [1.82, 2.24) is 10.2 Å². The van der Waals surface area contributed by atoms with E-state index < -0.39 is 5.67 Å². The number of hydrogen-bond acceptors (Lipinski definition) is 2. The minimum Gasteiger partial charge on any atom is -0.314 e. The molecule has 2 nitrogen and oxygen atoms in total. The average Bonchev–Trinajstić information content (AvgIpc) is 2.55. The summed E-state index contributed by atoms with van der Waals surface area (Å²) in [6.45, 7) is 3.73. The number of benzene rings is 1. The Bertz CT molecular complexity index is 505. The molecule has 2 atom stereocenters. The van der Waals surface area contributed by atoms with E-state index in [1.54, 1.807) is 6.08 Å². The monoisotopic (exact) mass is 286 g/mol. The van der Waals surface area contributed by atoms with Gasteiger partial charge in [-0.1, -0.05) is 48.6 Å². The van der Waals surface area contributed by atoms with Crippen molar-refractivity contribution in [3.8, 4) is 0 Å². The highest BCUT2D eigenvalue weighted by Crippen LogP contribution is 2.32. The van der Waals surface area contributed by atoms with Gasteiger partial charge < -0.3 is 5.32 Å². The maximum absolute atomic E-state index is 15.5. The van der Waals surface area contributed by atoms with Crippen LogP contribution in [0, 0.1) is 0 Å². The van der Waals surface area contributed by atoms with Crippen LogP contribution in [0.3, 0.4) is 0 Å². The summed E-state index contributed by atoms with van der Waals surface area (Å²) in [6.07, 6.45) is 8.72. The van der Waals surface area contributed by atoms with Crippen molar-refractivity contribution in [3.05, 3.63) is 60.2 Å². The van der Waals surface area contributed by atoms with Crippen molar-refractivity contribution in [2.24, 2.45) is 0 Å². The third-order valence-corrected chi connectivity index (χ3v) is 4.47. The van der Waals surface area contributed by atoms with Crippen molar-refractivity contribution in [2.45, 2.75) is 24.6 Å². The molecule has 0 saturated carbocycles. The van der Waals surface area contributed by atoms with E-state index in [9.17, 15) is 0 Å². The Morgan fingerprint density at radius 2 is 1.90 bits per heavy atom. The SMILES string of the molecule is FC1(C(Cc2ccccc2)N2CCNCC2)C=CC=CC1. The first-order valence-electron chi connectivity index (χ1n) is 7.80. The van der Waals surface area contributed by atoms with Crippen molar-refractivity contribution in [2.75, 3.05) is 26.2 Å². The van der Waals surface area contributed by atoms with E-state index in [2.05, 4.69) is 22.3 Å². The van der Waals surface area contributed by atoms with E-state index >= 15 is 4.39 Å². The summed E-state index contributed by atoms with van der Waals surface area (Å²) in [5, 5.41) is 3.35. The Labute approximate surface area is 126 Å². The van der Waals surface area contributed by atoms with Crippen LogP contribution in [0.2, 0.25) is 0 Å². The summed E-state index contributed by atoms with van der Waals surface area (Å²) in [4.78, 5) is 2.31. The van der Waals surface area contributed by atoms with Gasteiger partial charge in [-0.25, -0.2) is 4.39 Å². The highest BCUT2D eigenvalue weighted by Gasteiger charge is 2.40. The zero-order chi connectivity index (χ0) is 14.5. The lowest BCUT2D eigenvalue weighted by molar-refractivity contribution is 0.0507. The molecule has 0 aromatic heterocycles. The number of rotatable bonds is 4. The largest absolute Gasteiger partial charge is 0.314 e. The minimum absolute atomic E-state index is 0.0943. The second-order valence-corrected chi connectivity index (χ2v) is 5.91. The molecule has 2 unspecified atom stereocenters. The molecule has 3 heteroatoms. The molecule has 1 aliphatic carbocycles. The first-order chi connectivity index (χ1) is 10.3. The summed E-state index contributed by atoms with van der Waals surface area (Å²) in [7, 11) is 0. The lowest BCUT2D eigenvalue weighted by Gasteiger charge is -2.42. The zero-order valence-electron chi connectivity index (χ0n) is 12.3. The van der Waals surface area contributed by atoms with Crippen LogP contribution >= 0.6 is 0 Å². The Morgan fingerprint density at radius 1 is 1.14 bits per heavy atom. The molecule has 1 aromatic carbocycles. The van der Waals surface area contributed by atoms with E-state index in [0.29, 0.717) is 6.42 Å². The molecule has 1 saturated heterocycles. The predicted octanol–water partition coefficient (Wildman–Crippen LogP) is 2.73. The van der Waals surface area contributed by atoms with Crippen molar-refractivity contribution in [1.29, 1.82) is 0 Å². The molecule has 112 valence electrons. The van der Waals surface area contributed by atoms with Crippen LogP contribution in [0.25, 0.3) is 0 Å². The summed E-state index contributed by atoms with van der Waals surface area (Å²) in [5.41, 5.74) is -0.0527. The quantitative estimate of drug-likeness (QED) is 0.915. The van der Waals surface area contributed by atoms with Crippen LogP contribution < -0.4 is 5.32 Å². The third kappa shape index (κ3) is 3.42. The third-order valence-electron chi connectivity index (χ3n) is 4.47. The standard InChI is InChI=1S/C18H23FN2/c19-18(9-5-2-6-10-18)17(21-13-11-20-12-14-21)15-16-7-3-1-4-8-16/h1-9,17,20H,10-15H2. The van der Waals surface area contributed by atoms with Gasteiger partial charge in [0.2, 0.25) is 0 Å². The molecule has 1 aromatic rings. The summed E-state index contributed by atoms with van der Waals surface area (Å²) in [6, 6.07) is 10.2. The van der Waals surface area contributed by atoms with Crippen molar-refractivity contribution in [3.63, 3.8) is 0 Å². The molecule has 0 radical (unpaired) electrons. The number of nitrogens with one attached hydrogen (secondary N) is 1. The topological polar surface area (TPSA) is 15.3 Å². The first kappa shape index (κ1) is 14.5. The molecule has 0 bridgehead atoms. The Hall–Kier alpha value is -1.45. The Balaban J connectivity index is 1.83. The van der Waals surface area contributed by atoms with Gasteiger partial charge in [0.25, 0.3) is 0 Å². The fourth-order valence-electron chi connectivity index (χ4n) is 3.29. The van der Waals surface area contributed by atoms with Crippen molar-refractivity contribution >= 4 is 0 Å². The minimum atomic E-state index is -1.26. The maximum Gasteiger partial charge on any atom is 0.148 e. The maximum atomic E-state index is 15.5. The van der Waals surface area contributed by atoms with E-state index in [4.69, 9.17) is 0 Å². The van der Waals surface area contributed by atoms with Crippen LogP contribution in [0.1, 0.15) is 12.0 Å². The highest BCUT2D eigenvalue weighted by atomic mass is 19.1. The average molecular weight is 286 g/mol. The van der Waals surface area contributed by atoms with E-state index in [1.807, 2.05) is 36.4 Å². The molecule has 1 aliphatic heterocycles. The van der Waals surface area contributed by atoms with Gasteiger partial charge in [-0.3, -0.25) is 4.90 Å². The lowest BCUT2D eigenvalue weighted by atomic mass is 9.84. The van der Waals surface area contributed by atoms with Gasteiger partial charge >= 0.3 is 0 Å². The van der Waals surface area contributed by atoms with Gasteiger partial charge in [0, 0.05) is 32.6 Å². The molecule has 3 rings (SSSR count). The van der Waals surface area contributed by atoms with E-state index in [-0.39, 0.29) is 6.04 Å². The number of halogens is 1. The Morgan fingerprint density at radius 3 is 2.57 bits per heavy atom. The molecule has 2 aliphatic rings. The lowest BCUT2D eigenvalue weighted by Crippen LogP contribution is -2.56. The second-order valence-electron chi connectivity index (χ2n) is 5.91. The molecular weight excluding hydrogens is 263 g/mol.